The van der Waals surface area contributed by atoms with Crippen LogP contribution in [0.5, 0.6) is 0 Å². The average Bonchev–Trinajstić information content (AvgIpc) is 3.05. The van der Waals surface area contributed by atoms with E-state index in [2.05, 4.69) is 33.5 Å². The third-order valence-electron chi connectivity index (χ3n) is 3.38. The van der Waals surface area contributed by atoms with Gasteiger partial charge < -0.3 is 8.98 Å². The van der Waals surface area contributed by atoms with Crippen molar-refractivity contribution in [3.63, 3.8) is 0 Å². The Morgan fingerprint density at radius 1 is 1.40 bits per heavy atom. The zero-order valence-electron chi connectivity index (χ0n) is 11.0. The smallest absolute Gasteiger partial charge is 0.126 e. The topological polar surface area (TPSA) is 31.0 Å². The van der Waals surface area contributed by atoms with E-state index in [0.717, 1.165) is 33.5 Å². The number of fused-ring (bicyclic) bond motifs is 1. The van der Waals surface area contributed by atoms with Crippen LogP contribution in [0, 0.1) is 0 Å². The van der Waals surface area contributed by atoms with Crippen molar-refractivity contribution in [2.24, 2.45) is 0 Å². The van der Waals surface area contributed by atoms with E-state index in [4.69, 9.17) is 21.0 Å². The van der Waals surface area contributed by atoms with Gasteiger partial charge in [0.15, 0.2) is 0 Å². The number of aromatic nitrogens is 2. The molecule has 104 valence electrons. The number of aryl methyl sites for hydroxylation is 1. The monoisotopic (exact) mass is 352 g/mol. The normalized spacial score (nSPS) is 12.9. The lowest BCUT2D eigenvalue weighted by Gasteiger charge is -2.15. The molecule has 1 atom stereocenters. The Kier molecular flexibility index (Phi) is 3.85. The Morgan fingerprint density at radius 2 is 2.25 bits per heavy atom. The number of benzene rings is 1. The lowest BCUT2D eigenvalue weighted by molar-refractivity contribution is 0.445. The van der Waals surface area contributed by atoms with Gasteiger partial charge in [-0.3, -0.25) is 0 Å². The second-order valence-electron chi connectivity index (χ2n) is 4.66. The van der Waals surface area contributed by atoms with Crippen molar-refractivity contribution >= 4 is 38.6 Å². The molecule has 0 aliphatic heterocycles. The molecule has 0 aliphatic carbocycles. The minimum absolute atomic E-state index is 0.0920. The molecule has 3 rings (SSSR count). The first-order chi connectivity index (χ1) is 9.70. The van der Waals surface area contributed by atoms with Gasteiger partial charge in [-0.05, 0) is 37.3 Å². The average molecular weight is 354 g/mol. The Bertz CT molecular complexity index is 721. The summed E-state index contributed by atoms with van der Waals surface area (Å²) in [5.41, 5.74) is 2.06. The van der Waals surface area contributed by atoms with Crippen molar-refractivity contribution in [2.45, 2.75) is 19.4 Å². The second-order valence-corrected chi connectivity index (χ2v) is 5.96. The maximum Gasteiger partial charge on any atom is 0.126 e. The predicted octanol–water partition coefficient (Wildman–Crippen LogP) is 4.78. The van der Waals surface area contributed by atoms with Crippen molar-refractivity contribution in [2.75, 3.05) is 5.88 Å². The molecule has 1 unspecified atom stereocenters. The van der Waals surface area contributed by atoms with Crippen LogP contribution in [-0.2, 0) is 6.42 Å². The molecular formula is C15H14BrClN2O. The molecule has 0 radical (unpaired) electrons. The first-order valence-corrected chi connectivity index (χ1v) is 7.79. The molecule has 0 aliphatic rings. The van der Waals surface area contributed by atoms with E-state index in [1.54, 1.807) is 6.26 Å². The van der Waals surface area contributed by atoms with Gasteiger partial charge in [-0.1, -0.05) is 15.9 Å². The van der Waals surface area contributed by atoms with E-state index < -0.39 is 0 Å². The highest BCUT2D eigenvalue weighted by Gasteiger charge is 2.18. The van der Waals surface area contributed by atoms with Crippen LogP contribution in [0.25, 0.3) is 11.0 Å². The summed E-state index contributed by atoms with van der Waals surface area (Å²) in [4.78, 5) is 4.70. The van der Waals surface area contributed by atoms with Crippen LogP contribution >= 0.6 is 27.5 Å². The number of nitrogens with zero attached hydrogens (tertiary/aromatic N) is 2. The highest BCUT2D eigenvalue weighted by atomic mass is 79.9. The third kappa shape index (κ3) is 2.38. The van der Waals surface area contributed by atoms with Crippen LogP contribution in [-0.4, -0.2) is 15.4 Å². The second kappa shape index (κ2) is 5.62. The summed E-state index contributed by atoms with van der Waals surface area (Å²) in [7, 11) is 0. The van der Waals surface area contributed by atoms with Gasteiger partial charge in [-0.25, -0.2) is 4.98 Å². The molecule has 2 heterocycles. The van der Waals surface area contributed by atoms with Crippen molar-refractivity contribution in [3.05, 3.63) is 52.7 Å². The van der Waals surface area contributed by atoms with Crippen molar-refractivity contribution < 1.29 is 4.42 Å². The van der Waals surface area contributed by atoms with Crippen LogP contribution in [0.4, 0.5) is 0 Å². The van der Waals surface area contributed by atoms with Gasteiger partial charge in [0, 0.05) is 16.8 Å². The predicted molar refractivity (Wildman–Crippen MR) is 84.4 cm³/mol. The van der Waals surface area contributed by atoms with E-state index in [1.165, 1.54) is 0 Å². The Labute approximate surface area is 130 Å². The third-order valence-corrected chi connectivity index (χ3v) is 4.07. The van der Waals surface area contributed by atoms with Crippen LogP contribution in [0.2, 0.25) is 0 Å². The maximum atomic E-state index is 5.91. The lowest BCUT2D eigenvalue weighted by atomic mass is 10.2. The molecular weight excluding hydrogens is 340 g/mol. The van der Waals surface area contributed by atoms with Gasteiger partial charge in [-0.15, -0.1) is 11.6 Å². The van der Waals surface area contributed by atoms with Gasteiger partial charge in [0.25, 0.3) is 0 Å². The van der Waals surface area contributed by atoms with Crippen LogP contribution < -0.4 is 0 Å². The largest absolute Gasteiger partial charge is 0.467 e. The number of furan rings is 1. The molecule has 0 spiro atoms. The van der Waals surface area contributed by atoms with Crippen LogP contribution in [0.15, 0.2) is 45.5 Å². The number of halogens is 2. The van der Waals surface area contributed by atoms with E-state index >= 15 is 0 Å². The minimum Gasteiger partial charge on any atom is -0.467 e. The molecule has 0 N–H and O–H groups in total. The molecule has 3 nitrogen and oxygen atoms in total. The summed E-state index contributed by atoms with van der Waals surface area (Å²) in [6, 6.07) is 10.1. The molecule has 3 aromatic rings. The van der Waals surface area contributed by atoms with Crippen molar-refractivity contribution in [3.8, 4) is 0 Å². The summed E-state index contributed by atoms with van der Waals surface area (Å²) in [5, 5.41) is 0. The molecule has 0 amide bonds. The van der Waals surface area contributed by atoms with Crippen LogP contribution in [0.3, 0.4) is 0 Å². The Balaban J connectivity index is 2.18. The number of hydrogen-bond acceptors (Lipinski definition) is 2. The lowest BCUT2D eigenvalue weighted by Crippen LogP contribution is -2.10. The van der Waals surface area contributed by atoms with Crippen LogP contribution in [0.1, 0.15) is 24.6 Å². The number of hydrogen-bond donors (Lipinski definition) is 0. The standard InChI is InChI=1S/C15H14BrClN2O/c1-10(14-3-2-8-20-14)19-13-5-4-11(16)9-12(13)18-15(19)6-7-17/h2-5,8-10H,6-7H2,1H3. The highest BCUT2D eigenvalue weighted by Crippen LogP contribution is 2.28. The quantitative estimate of drug-likeness (QED) is 0.632. The fourth-order valence-corrected chi connectivity index (χ4v) is 2.99. The molecule has 0 fully saturated rings. The van der Waals surface area contributed by atoms with E-state index in [-0.39, 0.29) is 6.04 Å². The summed E-state index contributed by atoms with van der Waals surface area (Å²) in [6.45, 7) is 2.11. The Morgan fingerprint density at radius 3 is 2.95 bits per heavy atom. The number of rotatable bonds is 4. The molecule has 20 heavy (non-hydrogen) atoms. The zero-order chi connectivity index (χ0) is 14.1. The summed E-state index contributed by atoms with van der Waals surface area (Å²) < 4.78 is 8.76. The van der Waals surface area contributed by atoms with Crippen molar-refractivity contribution in [1.82, 2.24) is 9.55 Å². The Hall–Kier alpha value is -1.26. The molecule has 0 bridgehead atoms. The molecule has 2 aromatic heterocycles. The first-order valence-electron chi connectivity index (χ1n) is 6.46. The van der Waals surface area contributed by atoms with E-state index in [9.17, 15) is 0 Å². The number of alkyl halides is 1. The van der Waals surface area contributed by atoms with E-state index in [0.29, 0.717) is 5.88 Å². The zero-order valence-corrected chi connectivity index (χ0v) is 13.4. The maximum absolute atomic E-state index is 5.91. The molecule has 0 saturated heterocycles. The SMILES string of the molecule is CC(c1ccco1)n1c(CCCl)nc2cc(Br)ccc21. The molecule has 0 saturated carbocycles. The molecule has 5 heteroatoms. The fourth-order valence-electron chi connectivity index (χ4n) is 2.47. The van der Waals surface area contributed by atoms with Gasteiger partial charge in [0.05, 0.1) is 23.3 Å². The number of imidazole rings is 1. The van der Waals surface area contributed by atoms with Gasteiger partial charge in [-0.2, -0.15) is 0 Å². The minimum atomic E-state index is 0.0920. The summed E-state index contributed by atoms with van der Waals surface area (Å²) >= 11 is 9.40. The highest BCUT2D eigenvalue weighted by molar-refractivity contribution is 9.10. The van der Waals surface area contributed by atoms with Gasteiger partial charge >= 0.3 is 0 Å². The van der Waals surface area contributed by atoms with E-state index in [1.807, 2.05) is 24.3 Å². The first kappa shape index (κ1) is 13.7. The summed E-state index contributed by atoms with van der Waals surface area (Å²) in [6.07, 6.45) is 2.43. The molecule has 1 aromatic carbocycles. The summed E-state index contributed by atoms with van der Waals surface area (Å²) in [5.74, 6) is 2.45. The van der Waals surface area contributed by atoms with Crippen molar-refractivity contribution in [1.29, 1.82) is 0 Å². The fraction of sp³-hybridized carbons (Fsp3) is 0.267. The van der Waals surface area contributed by atoms with Gasteiger partial charge in [0.2, 0.25) is 0 Å². The van der Waals surface area contributed by atoms with Gasteiger partial charge in [0.1, 0.15) is 11.6 Å².